The Labute approximate surface area is 166 Å². The summed E-state index contributed by atoms with van der Waals surface area (Å²) in [4.78, 5) is 4.24. The van der Waals surface area contributed by atoms with E-state index in [1.54, 1.807) is 24.3 Å². The summed E-state index contributed by atoms with van der Waals surface area (Å²) in [5.74, 6) is -1.36. The highest BCUT2D eigenvalue weighted by Gasteiger charge is 2.32. The van der Waals surface area contributed by atoms with Gasteiger partial charge in [0.1, 0.15) is 11.6 Å². The molecule has 2 aromatic carbocycles. The van der Waals surface area contributed by atoms with Crippen LogP contribution < -0.4 is 4.74 Å². The topological polar surface area (TPSA) is 59.4 Å². The number of hydrogen-bond acceptors (Lipinski definition) is 3. The Morgan fingerprint density at radius 1 is 1.10 bits per heavy atom. The number of hydrogen-bond donors (Lipinski definition) is 1. The van der Waals surface area contributed by atoms with Crippen molar-refractivity contribution >= 4 is 11.1 Å². The van der Waals surface area contributed by atoms with Crippen molar-refractivity contribution in [2.45, 2.75) is 19.0 Å². The molecular formula is C20H15F4NO3S. The molecule has 3 aromatic rings. The lowest BCUT2D eigenvalue weighted by atomic mass is 9.97. The molecular weight excluding hydrogens is 410 g/mol. The molecule has 0 radical (unpaired) electrons. The lowest BCUT2D eigenvalue weighted by Gasteiger charge is -2.14. The van der Waals surface area contributed by atoms with Crippen molar-refractivity contribution in [2.75, 3.05) is 0 Å². The molecule has 4 nitrogen and oxygen atoms in total. The van der Waals surface area contributed by atoms with Crippen LogP contribution in [0.3, 0.4) is 0 Å². The molecule has 0 saturated carbocycles. The van der Waals surface area contributed by atoms with E-state index in [0.29, 0.717) is 27.9 Å². The molecule has 1 heterocycles. The maximum absolute atomic E-state index is 14.3. The highest BCUT2D eigenvalue weighted by atomic mass is 32.2. The van der Waals surface area contributed by atoms with Crippen molar-refractivity contribution in [3.05, 3.63) is 71.7 Å². The van der Waals surface area contributed by atoms with Crippen molar-refractivity contribution in [1.82, 2.24) is 4.98 Å². The zero-order valence-electron chi connectivity index (χ0n) is 15.0. The summed E-state index contributed by atoms with van der Waals surface area (Å²) >= 11 is -2.19. The number of benzene rings is 2. The average Bonchev–Trinajstić information content (AvgIpc) is 2.64. The van der Waals surface area contributed by atoms with Crippen LogP contribution in [-0.2, 0) is 16.8 Å². The largest absolute Gasteiger partial charge is 0.573 e. The number of nitrogens with zero attached hydrogens (tertiary/aromatic N) is 1. The van der Waals surface area contributed by atoms with Gasteiger partial charge in [-0.15, -0.1) is 13.2 Å². The second-order valence-corrected chi connectivity index (χ2v) is 7.13. The van der Waals surface area contributed by atoms with E-state index in [-0.39, 0.29) is 17.1 Å². The summed E-state index contributed by atoms with van der Waals surface area (Å²) in [5.41, 5.74) is 2.01. The molecule has 1 unspecified atom stereocenters. The Morgan fingerprint density at radius 3 is 2.48 bits per heavy atom. The van der Waals surface area contributed by atoms with Crippen LogP contribution in [0.5, 0.6) is 5.75 Å². The fraction of sp³-hybridized carbons (Fsp3) is 0.150. The minimum atomic E-state index is -4.83. The normalized spacial score (nSPS) is 12.6. The monoisotopic (exact) mass is 425 g/mol. The molecule has 9 heteroatoms. The van der Waals surface area contributed by atoms with Crippen LogP contribution in [0.1, 0.15) is 11.1 Å². The van der Waals surface area contributed by atoms with Crippen LogP contribution in [0.15, 0.2) is 54.7 Å². The highest BCUT2D eigenvalue weighted by Crippen LogP contribution is 2.35. The van der Waals surface area contributed by atoms with Gasteiger partial charge in [0.05, 0.1) is 11.4 Å². The number of alkyl halides is 3. The second-order valence-electron chi connectivity index (χ2n) is 6.20. The molecule has 1 N–H and O–H groups in total. The maximum Gasteiger partial charge on any atom is 0.573 e. The standard InChI is InChI=1S/C20H15F4NO3S/c1-12-4-5-13(10-18(12)28-20(22,23)24)16-3-2-8-25-19(16)14-6-7-15(11-29(26)27)17(21)9-14/h2-10H,11H2,1H3,(H,26,27). The number of rotatable bonds is 5. The lowest BCUT2D eigenvalue weighted by molar-refractivity contribution is -0.274. The number of pyridine rings is 1. The zero-order chi connectivity index (χ0) is 21.2. The van der Waals surface area contributed by atoms with Crippen LogP contribution in [0, 0.1) is 12.7 Å². The Bertz CT molecular complexity index is 1070. The molecule has 3 rings (SSSR count). The fourth-order valence-corrected chi connectivity index (χ4v) is 3.32. The van der Waals surface area contributed by atoms with E-state index in [9.17, 15) is 21.8 Å². The first-order chi connectivity index (χ1) is 13.6. The van der Waals surface area contributed by atoms with Crippen molar-refractivity contribution in [3.63, 3.8) is 0 Å². The summed E-state index contributed by atoms with van der Waals surface area (Å²) in [7, 11) is 0. The molecule has 29 heavy (non-hydrogen) atoms. The highest BCUT2D eigenvalue weighted by molar-refractivity contribution is 7.78. The fourth-order valence-electron chi connectivity index (χ4n) is 2.82. The van der Waals surface area contributed by atoms with E-state index in [1.807, 2.05) is 0 Å². The molecule has 1 aromatic heterocycles. The third-order valence-electron chi connectivity index (χ3n) is 4.14. The van der Waals surface area contributed by atoms with Gasteiger partial charge in [-0.2, -0.15) is 0 Å². The van der Waals surface area contributed by atoms with E-state index >= 15 is 0 Å². The number of halogens is 4. The second kappa shape index (κ2) is 8.30. The Morgan fingerprint density at radius 2 is 1.83 bits per heavy atom. The van der Waals surface area contributed by atoms with Crippen LogP contribution in [0.2, 0.25) is 0 Å². The van der Waals surface area contributed by atoms with Gasteiger partial charge in [0.15, 0.2) is 11.1 Å². The van der Waals surface area contributed by atoms with Gasteiger partial charge in [-0.05, 0) is 36.2 Å². The minimum absolute atomic E-state index is 0.0725. The first kappa shape index (κ1) is 20.9. The first-order valence-corrected chi connectivity index (χ1v) is 9.59. The van der Waals surface area contributed by atoms with Crippen LogP contribution in [0.25, 0.3) is 22.4 Å². The van der Waals surface area contributed by atoms with E-state index in [1.165, 1.54) is 37.4 Å². The van der Waals surface area contributed by atoms with Gasteiger partial charge >= 0.3 is 6.36 Å². The molecule has 0 aliphatic rings. The smallest absolute Gasteiger partial charge is 0.405 e. The van der Waals surface area contributed by atoms with Crippen LogP contribution >= 0.6 is 0 Å². The molecule has 0 fully saturated rings. The van der Waals surface area contributed by atoms with Gasteiger partial charge in [-0.25, -0.2) is 8.60 Å². The molecule has 0 amide bonds. The summed E-state index contributed by atoms with van der Waals surface area (Å²) in [5, 5.41) is 0. The van der Waals surface area contributed by atoms with Gasteiger partial charge in [0, 0.05) is 22.9 Å². The molecule has 152 valence electrons. The molecule has 1 atom stereocenters. The quantitative estimate of drug-likeness (QED) is 0.434. The predicted molar refractivity (Wildman–Crippen MR) is 101 cm³/mol. The van der Waals surface area contributed by atoms with Crippen molar-refractivity contribution in [2.24, 2.45) is 0 Å². The van der Waals surface area contributed by atoms with E-state index in [0.717, 1.165) is 0 Å². The molecule has 0 bridgehead atoms. The van der Waals surface area contributed by atoms with Crippen molar-refractivity contribution in [1.29, 1.82) is 0 Å². The van der Waals surface area contributed by atoms with Gasteiger partial charge < -0.3 is 9.29 Å². The van der Waals surface area contributed by atoms with E-state index < -0.39 is 23.3 Å². The molecule has 0 aliphatic heterocycles. The summed E-state index contributed by atoms with van der Waals surface area (Å²) < 4.78 is 76.2. The summed E-state index contributed by atoms with van der Waals surface area (Å²) in [6.07, 6.45) is -3.35. The van der Waals surface area contributed by atoms with E-state index in [4.69, 9.17) is 4.55 Å². The Hall–Kier alpha value is -2.78. The number of aromatic nitrogens is 1. The van der Waals surface area contributed by atoms with Gasteiger partial charge in [0.25, 0.3) is 0 Å². The summed E-state index contributed by atoms with van der Waals surface area (Å²) in [6, 6.07) is 11.7. The lowest BCUT2D eigenvalue weighted by Crippen LogP contribution is -2.17. The van der Waals surface area contributed by atoms with Gasteiger partial charge in [0.2, 0.25) is 0 Å². The van der Waals surface area contributed by atoms with Crippen molar-refractivity contribution < 1.29 is 31.1 Å². The Balaban J connectivity index is 2.06. The predicted octanol–water partition coefficient (Wildman–Crippen LogP) is 5.48. The van der Waals surface area contributed by atoms with Crippen molar-refractivity contribution in [3.8, 4) is 28.1 Å². The SMILES string of the molecule is Cc1ccc(-c2cccnc2-c2ccc(CS(=O)O)c(F)c2)cc1OC(F)(F)F. The van der Waals surface area contributed by atoms with Crippen LogP contribution in [-0.4, -0.2) is 20.1 Å². The van der Waals surface area contributed by atoms with Crippen LogP contribution in [0.4, 0.5) is 17.6 Å². The third kappa shape index (κ3) is 5.18. The molecule has 0 spiro atoms. The minimum Gasteiger partial charge on any atom is -0.405 e. The first-order valence-electron chi connectivity index (χ1n) is 8.32. The zero-order valence-corrected chi connectivity index (χ0v) is 15.9. The third-order valence-corrected chi connectivity index (χ3v) is 4.70. The van der Waals surface area contributed by atoms with E-state index in [2.05, 4.69) is 9.72 Å². The number of aryl methyl sites for hydroxylation is 1. The summed E-state index contributed by atoms with van der Waals surface area (Å²) in [6.45, 7) is 1.49. The molecule has 0 saturated heterocycles. The maximum atomic E-state index is 14.3. The van der Waals surface area contributed by atoms with Gasteiger partial charge in [-0.1, -0.05) is 30.3 Å². The Kier molecular flexibility index (Phi) is 5.99. The van der Waals surface area contributed by atoms with Gasteiger partial charge in [-0.3, -0.25) is 4.98 Å². The number of ether oxygens (including phenoxy) is 1. The average molecular weight is 425 g/mol. The molecule has 0 aliphatic carbocycles.